The Labute approximate surface area is 107 Å². The van der Waals surface area contributed by atoms with Gasteiger partial charge in [-0.25, -0.2) is 13.6 Å². The first-order chi connectivity index (χ1) is 8.06. The summed E-state index contributed by atoms with van der Waals surface area (Å²) in [7, 11) is -5.89. The molecule has 1 aromatic carbocycles. The van der Waals surface area contributed by atoms with E-state index in [1.165, 1.54) is 12.1 Å². The van der Waals surface area contributed by atoms with E-state index in [9.17, 15) is 16.8 Å². The summed E-state index contributed by atoms with van der Waals surface area (Å²) in [6.07, 6.45) is 0. The van der Waals surface area contributed by atoms with E-state index in [0.29, 0.717) is 8.83 Å². The molecule has 0 spiro atoms. The van der Waals surface area contributed by atoms with E-state index in [0.717, 1.165) is 19.7 Å². The third kappa shape index (κ3) is 3.06. The predicted octanol–water partition coefficient (Wildman–Crippen LogP) is -0.334. The van der Waals surface area contributed by atoms with Crippen molar-refractivity contribution in [3.63, 3.8) is 0 Å². The Morgan fingerprint density at radius 1 is 0.944 bits per heavy atom. The maximum atomic E-state index is 12.1. The average molecular weight is 293 g/mol. The summed E-state index contributed by atoms with van der Waals surface area (Å²) in [5, 5.41) is 4.87. The number of benzene rings is 1. The molecule has 1 aromatic rings. The lowest BCUT2D eigenvalue weighted by Crippen LogP contribution is -2.47. The minimum absolute atomic E-state index is 0.00824. The predicted molar refractivity (Wildman–Crippen MR) is 67.0 cm³/mol. The molecule has 0 heterocycles. The van der Waals surface area contributed by atoms with Crippen molar-refractivity contribution in [2.75, 3.05) is 14.1 Å². The Kier molecular flexibility index (Phi) is 4.13. The van der Waals surface area contributed by atoms with Crippen molar-refractivity contribution in [3.8, 4) is 0 Å². The van der Waals surface area contributed by atoms with Crippen LogP contribution in [0.5, 0.6) is 0 Å². The van der Waals surface area contributed by atoms with Crippen LogP contribution >= 0.6 is 0 Å². The molecule has 2 N–H and O–H groups in total. The lowest BCUT2D eigenvalue weighted by molar-refractivity contribution is 0.234. The van der Waals surface area contributed by atoms with Crippen molar-refractivity contribution < 1.29 is 16.8 Å². The number of nitrogens with zero attached hydrogens (tertiary/aromatic N) is 2. The number of rotatable bonds is 4. The number of sulfonamides is 1. The van der Waals surface area contributed by atoms with Crippen molar-refractivity contribution in [1.82, 2.24) is 8.83 Å². The van der Waals surface area contributed by atoms with Gasteiger partial charge in [0.25, 0.3) is 20.2 Å². The van der Waals surface area contributed by atoms with E-state index in [4.69, 9.17) is 5.14 Å². The van der Waals surface area contributed by atoms with Crippen LogP contribution in [0.1, 0.15) is 5.56 Å². The van der Waals surface area contributed by atoms with E-state index in [-0.39, 0.29) is 4.90 Å². The first kappa shape index (κ1) is 15.1. The Morgan fingerprint density at radius 3 is 1.78 bits per heavy atom. The first-order valence-electron chi connectivity index (χ1n) is 4.89. The molecule has 102 valence electrons. The number of nitrogens with two attached hydrogens (primary N) is 1. The van der Waals surface area contributed by atoms with Crippen molar-refractivity contribution in [3.05, 3.63) is 29.8 Å². The quantitative estimate of drug-likeness (QED) is 0.768. The SMILES string of the molecule is Cc1ccc(S(=O)(=O)N(C)N(C)S(N)(=O)=O)cc1. The topological polar surface area (TPSA) is 101 Å². The molecule has 0 aliphatic carbocycles. The van der Waals surface area contributed by atoms with Gasteiger partial charge in [-0.2, -0.15) is 8.42 Å². The van der Waals surface area contributed by atoms with E-state index >= 15 is 0 Å². The maximum Gasteiger partial charge on any atom is 0.290 e. The minimum atomic E-state index is -4.12. The molecule has 0 unspecified atom stereocenters. The van der Waals surface area contributed by atoms with Gasteiger partial charge in [0, 0.05) is 14.1 Å². The van der Waals surface area contributed by atoms with Crippen molar-refractivity contribution in [2.24, 2.45) is 5.14 Å². The second kappa shape index (κ2) is 4.94. The molecule has 7 nitrogen and oxygen atoms in total. The normalized spacial score (nSPS) is 13.2. The molecule has 0 atom stereocenters. The molecule has 9 heteroatoms. The van der Waals surface area contributed by atoms with E-state index < -0.39 is 20.2 Å². The Bertz CT molecular complexity index is 622. The molecule has 0 aliphatic rings. The van der Waals surface area contributed by atoms with Gasteiger partial charge in [0.05, 0.1) is 4.90 Å². The number of hydrogen-bond acceptors (Lipinski definition) is 4. The summed E-state index contributed by atoms with van der Waals surface area (Å²) in [6, 6.07) is 6.05. The van der Waals surface area contributed by atoms with Gasteiger partial charge in [-0.15, -0.1) is 8.83 Å². The minimum Gasteiger partial charge on any atom is -0.214 e. The molecule has 18 heavy (non-hydrogen) atoms. The standard InChI is InChI=1S/C9H15N3O4S2/c1-8-4-6-9(7-5-8)17(13,14)11(2)12(3)18(10,15)16/h4-7H,1-3H3,(H2,10,15,16). The van der Waals surface area contributed by atoms with Gasteiger partial charge in [-0.05, 0) is 19.1 Å². The third-order valence-corrected chi connectivity index (χ3v) is 5.33. The van der Waals surface area contributed by atoms with E-state index in [1.54, 1.807) is 12.1 Å². The zero-order valence-electron chi connectivity index (χ0n) is 10.2. The Hall–Kier alpha value is -1.00. The molecular weight excluding hydrogens is 278 g/mol. The highest BCUT2D eigenvalue weighted by Crippen LogP contribution is 2.16. The van der Waals surface area contributed by atoms with Crippen molar-refractivity contribution in [1.29, 1.82) is 0 Å². The van der Waals surface area contributed by atoms with Gasteiger partial charge in [-0.3, -0.25) is 0 Å². The highest BCUT2D eigenvalue weighted by Gasteiger charge is 2.29. The van der Waals surface area contributed by atoms with Gasteiger partial charge < -0.3 is 0 Å². The fourth-order valence-corrected chi connectivity index (χ4v) is 3.12. The fourth-order valence-electron chi connectivity index (χ4n) is 1.17. The summed E-state index contributed by atoms with van der Waals surface area (Å²) in [6.45, 7) is 1.82. The van der Waals surface area contributed by atoms with Crippen LogP contribution in [0.15, 0.2) is 29.2 Å². The fraction of sp³-hybridized carbons (Fsp3) is 0.333. The van der Waals surface area contributed by atoms with Crippen LogP contribution in [-0.2, 0) is 20.2 Å². The van der Waals surface area contributed by atoms with Gasteiger partial charge in [0.15, 0.2) is 0 Å². The molecule has 1 rings (SSSR count). The zero-order chi connectivity index (χ0) is 14.1. The first-order valence-corrected chi connectivity index (χ1v) is 7.83. The van der Waals surface area contributed by atoms with Crippen molar-refractivity contribution >= 4 is 20.2 Å². The molecular formula is C9H15N3O4S2. The molecule has 0 saturated heterocycles. The molecule has 0 amide bonds. The van der Waals surface area contributed by atoms with Gasteiger partial charge in [-0.1, -0.05) is 17.7 Å². The van der Waals surface area contributed by atoms with Crippen LogP contribution in [0.25, 0.3) is 0 Å². The van der Waals surface area contributed by atoms with Crippen molar-refractivity contribution in [2.45, 2.75) is 11.8 Å². The summed E-state index contributed by atoms with van der Waals surface area (Å²) >= 11 is 0. The lowest BCUT2D eigenvalue weighted by Gasteiger charge is -2.24. The smallest absolute Gasteiger partial charge is 0.214 e. The zero-order valence-corrected chi connectivity index (χ0v) is 11.9. The van der Waals surface area contributed by atoms with Crippen LogP contribution in [0, 0.1) is 6.92 Å². The number of hydrazine groups is 1. The molecule has 0 aromatic heterocycles. The Balaban J connectivity index is 3.19. The maximum absolute atomic E-state index is 12.1. The van der Waals surface area contributed by atoms with E-state index in [1.807, 2.05) is 6.92 Å². The van der Waals surface area contributed by atoms with Gasteiger partial charge >= 0.3 is 0 Å². The number of hydrogen-bond donors (Lipinski definition) is 1. The van der Waals surface area contributed by atoms with Crippen LogP contribution in [0.4, 0.5) is 0 Å². The molecule has 0 aliphatic heterocycles. The second-order valence-electron chi connectivity index (χ2n) is 3.73. The molecule has 0 fully saturated rings. The molecule has 0 saturated carbocycles. The third-order valence-electron chi connectivity index (χ3n) is 2.43. The highest BCUT2D eigenvalue weighted by molar-refractivity contribution is 7.91. The summed E-state index contributed by atoms with van der Waals surface area (Å²) in [5.74, 6) is 0. The van der Waals surface area contributed by atoms with Crippen LogP contribution in [0.3, 0.4) is 0 Å². The van der Waals surface area contributed by atoms with Crippen LogP contribution < -0.4 is 5.14 Å². The summed E-state index contributed by atoms with van der Waals surface area (Å²) in [5.41, 5.74) is 0.899. The monoisotopic (exact) mass is 293 g/mol. The van der Waals surface area contributed by atoms with E-state index in [2.05, 4.69) is 0 Å². The summed E-state index contributed by atoms with van der Waals surface area (Å²) in [4.78, 5) is -0.00824. The highest BCUT2D eigenvalue weighted by atomic mass is 32.2. The van der Waals surface area contributed by atoms with Gasteiger partial charge in [0.1, 0.15) is 0 Å². The largest absolute Gasteiger partial charge is 0.290 e. The molecule has 0 radical (unpaired) electrons. The van der Waals surface area contributed by atoms with Crippen LogP contribution in [-0.4, -0.2) is 39.8 Å². The Morgan fingerprint density at radius 2 is 1.39 bits per heavy atom. The summed E-state index contributed by atoms with van der Waals surface area (Å²) < 4.78 is 47.4. The van der Waals surface area contributed by atoms with Crippen LogP contribution in [0.2, 0.25) is 0 Å². The number of aryl methyl sites for hydroxylation is 1. The lowest BCUT2D eigenvalue weighted by atomic mass is 10.2. The second-order valence-corrected chi connectivity index (χ2v) is 7.24. The average Bonchev–Trinajstić information content (AvgIpc) is 2.26. The molecule has 0 bridgehead atoms. The van der Waals surface area contributed by atoms with Gasteiger partial charge in [0.2, 0.25) is 0 Å².